The lowest BCUT2D eigenvalue weighted by Gasteiger charge is -2.10. The normalized spacial score (nSPS) is 10.2. The average molecular weight is 435 g/mol. The van der Waals surface area contributed by atoms with Crippen LogP contribution in [0.5, 0.6) is 5.75 Å². The topological polar surface area (TPSA) is 64.3 Å². The SMILES string of the molecule is Nc1cc(Cl)ccc1NC(=O)COc1ccc(Br)cc1Br. The number of ether oxygens (including phenoxy) is 1. The first-order valence-electron chi connectivity index (χ1n) is 5.88. The van der Waals surface area contributed by atoms with Crippen LogP contribution in [0.2, 0.25) is 5.02 Å². The number of carbonyl (C=O) groups is 1. The third-order valence-electron chi connectivity index (χ3n) is 2.54. The van der Waals surface area contributed by atoms with Crippen LogP contribution in [0.3, 0.4) is 0 Å². The lowest BCUT2D eigenvalue weighted by atomic mass is 10.2. The van der Waals surface area contributed by atoms with Crippen molar-refractivity contribution in [3.8, 4) is 5.75 Å². The molecule has 0 aliphatic heterocycles. The van der Waals surface area contributed by atoms with E-state index < -0.39 is 0 Å². The van der Waals surface area contributed by atoms with Crippen molar-refractivity contribution in [1.29, 1.82) is 0 Å². The van der Waals surface area contributed by atoms with E-state index in [2.05, 4.69) is 37.2 Å². The molecule has 0 aliphatic carbocycles. The molecule has 1 amide bonds. The zero-order chi connectivity index (χ0) is 15.4. The van der Waals surface area contributed by atoms with Crippen molar-refractivity contribution in [1.82, 2.24) is 0 Å². The molecule has 0 saturated carbocycles. The number of nitrogens with two attached hydrogens (primary N) is 1. The molecule has 0 atom stereocenters. The maximum Gasteiger partial charge on any atom is 0.262 e. The van der Waals surface area contributed by atoms with Gasteiger partial charge >= 0.3 is 0 Å². The highest BCUT2D eigenvalue weighted by Crippen LogP contribution is 2.28. The van der Waals surface area contributed by atoms with Crippen LogP contribution in [0.15, 0.2) is 45.3 Å². The van der Waals surface area contributed by atoms with Gasteiger partial charge in [-0.25, -0.2) is 0 Å². The van der Waals surface area contributed by atoms with Crippen molar-refractivity contribution in [2.75, 3.05) is 17.7 Å². The minimum atomic E-state index is -0.307. The van der Waals surface area contributed by atoms with E-state index in [-0.39, 0.29) is 12.5 Å². The number of nitrogen functional groups attached to an aromatic ring is 1. The Bertz CT molecular complexity index is 680. The van der Waals surface area contributed by atoms with Crippen LogP contribution in [-0.4, -0.2) is 12.5 Å². The molecule has 0 fully saturated rings. The number of rotatable bonds is 4. The third kappa shape index (κ3) is 4.62. The van der Waals surface area contributed by atoms with Crippen LogP contribution in [0.1, 0.15) is 0 Å². The van der Waals surface area contributed by atoms with Gasteiger partial charge in [0.25, 0.3) is 5.91 Å². The molecule has 0 unspecified atom stereocenters. The Kier molecular flexibility index (Phi) is 5.50. The van der Waals surface area contributed by atoms with Crippen LogP contribution in [0, 0.1) is 0 Å². The molecule has 4 nitrogen and oxygen atoms in total. The summed E-state index contributed by atoms with van der Waals surface area (Å²) >= 11 is 12.5. The predicted molar refractivity (Wildman–Crippen MR) is 91.8 cm³/mol. The van der Waals surface area contributed by atoms with Crippen LogP contribution >= 0.6 is 43.5 Å². The van der Waals surface area contributed by atoms with Crippen molar-refractivity contribution in [3.63, 3.8) is 0 Å². The van der Waals surface area contributed by atoms with Gasteiger partial charge in [-0.3, -0.25) is 4.79 Å². The third-order valence-corrected chi connectivity index (χ3v) is 3.89. The number of anilines is 2. The Morgan fingerprint density at radius 1 is 1.24 bits per heavy atom. The fourth-order valence-corrected chi connectivity index (χ4v) is 2.91. The summed E-state index contributed by atoms with van der Waals surface area (Å²) in [5.41, 5.74) is 6.67. The number of benzene rings is 2. The first-order chi connectivity index (χ1) is 9.95. The van der Waals surface area contributed by atoms with Gasteiger partial charge in [0.2, 0.25) is 0 Å². The van der Waals surface area contributed by atoms with Gasteiger partial charge in [-0.2, -0.15) is 0 Å². The fraction of sp³-hybridized carbons (Fsp3) is 0.0714. The molecule has 0 aromatic heterocycles. The Balaban J connectivity index is 1.96. The highest BCUT2D eigenvalue weighted by atomic mass is 79.9. The number of hydrogen-bond acceptors (Lipinski definition) is 3. The molecule has 0 aliphatic rings. The number of halogens is 3. The van der Waals surface area contributed by atoms with Gasteiger partial charge in [-0.15, -0.1) is 0 Å². The molecule has 110 valence electrons. The maximum absolute atomic E-state index is 11.9. The molecule has 7 heteroatoms. The summed E-state index contributed by atoms with van der Waals surface area (Å²) in [6.45, 7) is -0.123. The average Bonchev–Trinajstić information content (AvgIpc) is 2.41. The number of carbonyl (C=O) groups excluding carboxylic acids is 1. The summed E-state index contributed by atoms with van der Waals surface area (Å²) in [6, 6.07) is 10.3. The van der Waals surface area contributed by atoms with Crippen LogP contribution < -0.4 is 15.8 Å². The lowest BCUT2D eigenvalue weighted by Crippen LogP contribution is -2.20. The summed E-state index contributed by atoms with van der Waals surface area (Å²) in [5.74, 6) is 0.274. The van der Waals surface area contributed by atoms with Gasteiger partial charge in [0.15, 0.2) is 6.61 Å². The molecular formula is C14H11Br2ClN2O2. The first-order valence-corrected chi connectivity index (χ1v) is 7.85. The van der Waals surface area contributed by atoms with E-state index in [1.807, 2.05) is 12.1 Å². The van der Waals surface area contributed by atoms with E-state index in [0.717, 1.165) is 8.95 Å². The van der Waals surface area contributed by atoms with Gasteiger partial charge in [0, 0.05) is 9.50 Å². The highest BCUT2D eigenvalue weighted by Gasteiger charge is 2.08. The summed E-state index contributed by atoms with van der Waals surface area (Å²) in [4.78, 5) is 11.9. The van der Waals surface area contributed by atoms with Crippen molar-refractivity contribution in [2.24, 2.45) is 0 Å². The molecule has 21 heavy (non-hydrogen) atoms. The van der Waals surface area contributed by atoms with E-state index in [1.165, 1.54) is 0 Å². The summed E-state index contributed by atoms with van der Waals surface area (Å²) in [5, 5.41) is 3.18. The Hall–Kier alpha value is -1.24. The van der Waals surface area contributed by atoms with Crippen molar-refractivity contribution in [2.45, 2.75) is 0 Å². The largest absolute Gasteiger partial charge is 0.483 e. The fourth-order valence-electron chi connectivity index (χ4n) is 1.57. The van der Waals surface area contributed by atoms with Crippen molar-refractivity contribution < 1.29 is 9.53 Å². The molecule has 0 radical (unpaired) electrons. The minimum Gasteiger partial charge on any atom is -0.483 e. The van der Waals surface area contributed by atoms with Gasteiger partial charge in [0.05, 0.1) is 15.8 Å². The zero-order valence-corrected chi connectivity index (χ0v) is 14.6. The zero-order valence-electron chi connectivity index (χ0n) is 10.7. The molecule has 0 bridgehead atoms. The number of hydrogen-bond donors (Lipinski definition) is 2. The molecule has 3 N–H and O–H groups in total. The van der Waals surface area contributed by atoms with Crippen LogP contribution in [-0.2, 0) is 4.79 Å². The van der Waals surface area contributed by atoms with E-state index >= 15 is 0 Å². The smallest absolute Gasteiger partial charge is 0.262 e. The Morgan fingerprint density at radius 3 is 2.67 bits per heavy atom. The molecule has 0 saturated heterocycles. The molecule has 2 rings (SSSR count). The second-order valence-electron chi connectivity index (χ2n) is 4.14. The Labute approximate surface area is 143 Å². The second kappa shape index (κ2) is 7.15. The van der Waals surface area contributed by atoms with Gasteiger partial charge in [0.1, 0.15) is 5.75 Å². The number of nitrogens with one attached hydrogen (secondary N) is 1. The summed E-state index contributed by atoms with van der Waals surface area (Å²) in [6.07, 6.45) is 0. The van der Waals surface area contributed by atoms with Crippen LogP contribution in [0.4, 0.5) is 11.4 Å². The van der Waals surface area contributed by atoms with Crippen molar-refractivity contribution in [3.05, 3.63) is 50.4 Å². The monoisotopic (exact) mass is 432 g/mol. The molecule has 2 aromatic carbocycles. The van der Waals surface area contributed by atoms with Gasteiger partial charge < -0.3 is 15.8 Å². The predicted octanol–water partition coefficient (Wildman–Crippen LogP) is 4.46. The van der Waals surface area contributed by atoms with Gasteiger partial charge in [-0.05, 0) is 52.3 Å². The Morgan fingerprint density at radius 2 is 2.00 bits per heavy atom. The highest BCUT2D eigenvalue weighted by molar-refractivity contribution is 9.11. The quantitative estimate of drug-likeness (QED) is 0.698. The number of amides is 1. The summed E-state index contributed by atoms with van der Waals surface area (Å²) in [7, 11) is 0. The summed E-state index contributed by atoms with van der Waals surface area (Å²) < 4.78 is 7.12. The van der Waals surface area contributed by atoms with Crippen LogP contribution in [0.25, 0.3) is 0 Å². The molecular weight excluding hydrogens is 423 g/mol. The van der Waals surface area contributed by atoms with Gasteiger partial charge in [-0.1, -0.05) is 27.5 Å². The van der Waals surface area contributed by atoms with E-state index in [0.29, 0.717) is 22.1 Å². The molecule has 0 spiro atoms. The lowest BCUT2D eigenvalue weighted by molar-refractivity contribution is -0.118. The second-order valence-corrected chi connectivity index (χ2v) is 6.35. The van der Waals surface area contributed by atoms with E-state index in [1.54, 1.807) is 24.3 Å². The van der Waals surface area contributed by atoms with E-state index in [4.69, 9.17) is 22.1 Å². The maximum atomic E-state index is 11.9. The first kappa shape index (κ1) is 16.1. The van der Waals surface area contributed by atoms with Crippen molar-refractivity contribution >= 4 is 60.7 Å². The van der Waals surface area contributed by atoms with E-state index in [9.17, 15) is 4.79 Å². The molecule has 0 heterocycles. The molecule has 2 aromatic rings. The standard InChI is InChI=1S/C14H11Br2ClN2O2/c15-8-1-4-13(10(16)5-8)21-7-14(20)19-12-3-2-9(17)6-11(12)18/h1-6H,7,18H2,(H,19,20). The minimum absolute atomic E-state index is 0.123.